The molecule has 0 atom stereocenters. The van der Waals surface area contributed by atoms with E-state index in [1.165, 1.54) is 0 Å². The molecule has 1 heterocycles. The van der Waals surface area contributed by atoms with Crippen molar-refractivity contribution < 1.29 is 4.74 Å². The van der Waals surface area contributed by atoms with Gasteiger partial charge in [-0.3, -0.25) is 0 Å². The first-order chi connectivity index (χ1) is 2.89. The quantitative estimate of drug-likeness (QED) is 0.487. The van der Waals surface area contributed by atoms with Crippen LogP contribution in [0.3, 0.4) is 0 Å². The van der Waals surface area contributed by atoms with Crippen molar-refractivity contribution in [3.63, 3.8) is 0 Å². The summed E-state index contributed by atoms with van der Waals surface area (Å²) < 4.78 is 4.67. The molecule has 0 unspecified atom stereocenters. The van der Waals surface area contributed by atoms with E-state index in [1.807, 2.05) is 0 Å². The molecule has 1 rings (SSSR count). The molecular weight excluding hydrogens is 101 g/mol. The van der Waals surface area contributed by atoms with Crippen LogP contribution >= 0.6 is 11.6 Å². The summed E-state index contributed by atoms with van der Waals surface area (Å²) in [6.07, 6.45) is 1.61. The predicted molar refractivity (Wildman–Crippen MR) is 23.0 cm³/mol. The van der Waals surface area contributed by atoms with E-state index >= 15 is 0 Å². The van der Waals surface area contributed by atoms with Crippen molar-refractivity contribution in [2.45, 2.75) is 0 Å². The third-order valence-electron chi connectivity index (χ3n) is 0.509. The summed E-state index contributed by atoms with van der Waals surface area (Å²) in [6, 6.07) is 0. The van der Waals surface area contributed by atoms with Crippen LogP contribution in [0.15, 0.2) is 11.4 Å². The molecule has 6 heavy (non-hydrogen) atoms. The number of nitrogens with one attached hydrogen (secondary N) is 1. The van der Waals surface area contributed by atoms with Crippen molar-refractivity contribution >= 4 is 11.6 Å². The van der Waals surface area contributed by atoms with Gasteiger partial charge in [-0.05, 0) is 11.6 Å². The van der Waals surface area contributed by atoms with E-state index in [0.29, 0.717) is 11.9 Å². The Morgan fingerprint density at radius 1 is 2.00 bits per heavy atom. The summed E-state index contributed by atoms with van der Waals surface area (Å²) in [5.41, 5.74) is 0. The minimum absolute atomic E-state index is 0.440. The van der Waals surface area contributed by atoms with E-state index in [-0.39, 0.29) is 0 Å². The lowest BCUT2D eigenvalue weighted by Gasteiger charge is -1.86. The number of halogens is 1. The molecule has 0 bridgehead atoms. The number of ether oxygens (including phenoxy) is 1. The van der Waals surface area contributed by atoms with Gasteiger partial charge < -0.3 is 10.1 Å². The lowest BCUT2D eigenvalue weighted by Crippen LogP contribution is -1.98. The summed E-state index contributed by atoms with van der Waals surface area (Å²) in [5, 5.41) is 3.20. The smallest absolute Gasteiger partial charge is 0.205 e. The highest BCUT2D eigenvalue weighted by molar-refractivity contribution is 6.28. The van der Waals surface area contributed by atoms with E-state index < -0.39 is 0 Å². The fraction of sp³-hybridized carbons (Fsp3) is 0.333. The highest BCUT2D eigenvalue weighted by atomic mass is 35.5. The van der Waals surface area contributed by atoms with Gasteiger partial charge in [-0.15, -0.1) is 0 Å². The molecular formula is C3H4ClNO. The Bertz CT molecular complexity index is 80.9. The fourth-order valence-electron chi connectivity index (χ4n) is 0.274. The molecule has 0 aromatic rings. The van der Waals surface area contributed by atoms with Crippen LogP contribution in [0, 0.1) is 0 Å². The first-order valence-electron chi connectivity index (χ1n) is 1.61. The zero-order valence-electron chi connectivity index (χ0n) is 3.07. The van der Waals surface area contributed by atoms with Gasteiger partial charge in [-0.2, -0.15) is 0 Å². The maximum atomic E-state index is 5.29. The second-order valence-corrected chi connectivity index (χ2v) is 1.31. The van der Waals surface area contributed by atoms with Crippen molar-refractivity contribution in [1.82, 2.24) is 5.32 Å². The normalized spacial score (nSPS) is 18.5. The maximum Gasteiger partial charge on any atom is 0.205 e. The minimum atomic E-state index is 0.440. The first-order valence-corrected chi connectivity index (χ1v) is 1.99. The minimum Gasteiger partial charge on any atom is -0.461 e. The lowest BCUT2D eigenvalue weighted by molar-refractivity contribution is 0.255. The van der Waals surface area contributed by atoms with Crippen LogP contribution in [0.1, 0.15) is 0 Å². The van der Waals surface area contributed by atoms with Gasteiger partial charge >= 0.3 is 0 Å². The molecule has 0 saturated heterocycles. The molecule has 0 spiro atoms. The molecule has 3 heteroatoms. The molecule has 0 radical (unpaired) electrons. The van der Waals surface area contributed by atoms with Gasteiger partial charge in [0.2, 0.25) is 5.22 Å². The Kier molecular flexibility index (Phi) is 0.881. The summed E-state index contributed by atoms with van der Waals surface area (Å²) >= 11 is 5.29. The molecule has 1 aliphatic heterocycles. The Morgan fingerprint density at radius 3 is 3.00 bits per heavy atom. The van der Waals surface area contributed by atoms with Gasteiger partial charge in [0.25, 0.3) is 0 Å². The molecule has 1 N–H and O–H groups in total. The van der Waals surface area contributed by atoms with Crippen molar-refractivity contribution in [2.24, 2.45) is 0 Å². The highest BCUT2D eigenvalue weighted by Gasteiger charge is 1.95. The van der Waals surface area contributed by atoms with Gasteiger partial charge in [0.05, 0.1) is 6.20 Å². The van der Waals surface area contributed by atoms with Crippen molar-refractivity contribution in [3.8, 4) is 0 Å². The maximum absolute atomic E-state index is 5.29. The van der Waals surface area contributed by atoms with E-state index in [0.717, 1.165) is 0 Å². The van der Waals surface area contributed by atoms with Gasteiger partial charge in [0.15, 0.2) is 6.73 Å². The summed E-state index contributed by atoms with van der Waals surface area (Å²) in [5.74, 6) is 0. The van der Waals surface area contributed by atoms with Gasteiger partial charge in [0, 0.05) is 0 Å². The largest absolute Gasteiger partial charge is 0.461 e. The Morgan fingerprint density at radius 2 is 2.83 bits per heavy atom. The topological polar surface area (TPSA) is 21.3 Å². The first kappa shape index (κ1) is 3.81. The molecule has 34 valence electrons. The van der Waals surface area contributed by atoms with Gasteiger partial charge in [0.1, 0.15) is 0 Å². The van der Waals surface area contributed by atoms with Crippen LogP contribution in [0.5, 0.6) is 0 Å². The van der Waals surface area contributed by atoms with Crippen LogP contribution in [-0.2, 0) is 4.74 Å². The standard InChI is InChI=1S/C3H4ClNO/c4-3-1-5-2-6-3/h1,5H,2H2. The zero-order valence-corrected chi connectivity index (χ0v) is 3.83. The Labute approximate surface area is 40.7 Å². The Balaban J connectivity index is 2.45. The van der Waals surface area contributed by atoms with Crippen LogP contribution in [0.25, 0.3) is 0 Å². The molecule has 0 amide bonds. The summed E-state index contributed by atoms with van der Waals surface area (Å²) in [7, 11) is 0. The van der Waals surface area contributed by atoms with Gasteiger partial charge in [-0.25, -0.2) is 0 Å². The molecule has 0 fully saturated rings. The average Bonchev–Trinajstić information content (AvgIpc) is 1.86. The van der Waals surface area contributed by atoms with Crippen LogP contribution < -0.4 is 5.32 Å². The molecule has 0 aromatic carbocycles. The number of hydrogen-bond acceptors (Lipinski definition) is 2. The van der Waals surface area contributed by atoms with Crippen LogP contribution in [0.2, 0.25) is 0 Å². The predicted octanol–water partition coefficient (Wildman–Crippen LogP) is 0.601. The van der Waals surface area contributed by atoms with Crippen molar-refractivity contribution in [1.29, 1.82) is 0 Å². The van der Waals surface area contributed by atoms with Crippen molar-refractivity contribution in [3.05, 3.63) is 11.4 Å². The molecule has 2 nitrogen and oxygen atoms in total. The van der Waals surface area contributed by atoms with E-state index in [9.17, 15) is 0 Å². The van der Waals surface area contributed by atoms with E-state index in [1.54, 1.807) is 6.20 Å². The van der Waals surface area contributed by atoms with Crippen LogP contribution in [-0.4, -0.2) is 6.73 Å². The SMILES string of the molecule is ClC1=CNCO1. The van der Waals surface area contributed by atoms with Gasteiger partial charge in [-0.1, -0.05) is 0 Å². The highest BCUT2D eigenvalue weighted by Crippen LogP contribution is 2.03. The van der Waals surface area contributed by atoms with Crippen molar-refractivity contribution in [2.75, 3.05) is 6.73 Å². The lowest BCUT2D eigenvalue weighted by atomic mass is 11.0. The monoisotopic (exact) mass is 105 g/mol. The summed E-state index contributed by atoms with van der Waals surface area (Å²) in [6.45, 7) is 0.513. The third kappa shape index (κ3) is 0.571. The summed E-state index contributed by atoms with van der Waals surface area (Å²) in [4.78, 5) is 0. The number of hydrogen-bond donors (Lipinski definition) is 1. The second kappa shape index (κ2) is 1.39. The third-order valence-corrected chi connectivity index (χ3v) is 0.727. The average molecular weight is 106 g/mol. The van der Waals surface area contributed by atoms with Crippen LogP contribution in [0.4, 0.5) is 0 Å². The molecule has 0 saturated carbocycles. The van der Waals surface area contributed by atoms with E-state index in [4.69, 9.17) is 11.6 Å². The molecule has 0 aliphatic carbocycles. The molecule has 1 aliphatic rings. The van der Waals surface area contributed by atoms with E-state index in [2.05, 4.69) is 10.1 Å². The second-order valence-electron chi connectivity index (χ2n) is 0.941. The number of rotatable bonds is 0. The zero-order chi connectivity index (χ0) is 4.41. The molecule has 0 aromatic heterocycles. The fourth-order valence-corrected chi connectivity index (χ4v) is 0.406. The Hall–Kier alpha value is -0.370.